The molecule has 0 aromatic heterocycles. The molecule has 1 heterocycles. The summed E-state index contributed by atoms with van der Waals surface area (Å²) in [7, 11) is 2.25. The van der Waals surface area contributed by atoms with Crippen molar-refractivity contribution in [3.63, 3.8) is 0 Å². The molecule has 0 radical (unpaired) electrons. The number of rotatable bonds is 0. The van der Waals surface area contributed by atoms with Gasteiger partial charge in [-0.25, -0.2) is 0 Å². The maximum Gasteiger partial charge on any atom is 0.0309 e. The summed E-state index contributed by atoms with van der Waals surface area (Å²) < 4.78 is 0. The topological polar surface area (TPSA) is 15.3 Å². The molecule has 1 spiro atoms. The van der Waals surface area contributed by atoms with Gasteiger partial charge in [0.2, 0.25) is 0 Å². The van der Waals surface area contributed by atoms with Gasteiger partial charge >= 0.3 is 0 Å². The van der Waals surface area contributed by atoms with Crippen molar-refractivity contribution in [2.45, 2.75) is 37.6 Å². The molecule has 12 heavy (non-hydrogen) atoms. The molecular weight excluding hydrogens is 148 g/mol. The van der Waals surface area contributed by atoms with Crippen LogP contribution in [0.5, 0.6) is 0 Å². The van der Waals surface area contributed by atoms with Crippen molar-refractivity contribution < 1.29 is 0 Å². The average Bonchev–Trinajstić information content (AvgIpc) is 2.05. The van der Waals surface area contributed by atoms with Crippen molar-refractivity contribution in [1.82, 2.24) is 10.2 Å². The largest absolute Gasteiger partial charge is 0.309 e. The van der Waals surface area contributed by atoms with Crippen LogP contribution in [0.25, 0.3) is 0 Å². The van der Waals surface area contributed by atoms with Crippen LogP contribution in [0, 0.1) is 0 Å². The number of nitrogens with one attached hydrogen (secondary N) is 1. The number of hydrogen-bond donors (Lipinski definition) is 1. The molecule has 0 amide bonds. The molecule has 0 atom stereocenters. The maximum atomic E-state index is 3.72. The zero-order chi connectivity index (χ0) is 8.44. The van der Waals surface area contributed by atoms with Crippen LogP contribution in [0.15, 0.2) is 0 Å². The second kappa shape index (κ2) is 3.35. The Morgan fingerprint density at radius 3 is 2.58 bits per heavy atom. The first-order valence-corrected chi connectivity index (χ1v) is 5.24. The summed E-state index contributed by atoms with van der Waals surface area (Å²) in [6.07, 6.45) is 7.11. The predicted octanol–water partition coefficient (Wildman–Crippen LogP) is 1.22. The van der Waals surface area contributed by atoms with Gasteiger partial charge in [-0.15, -0.1) is 0 Å². The minimum absolute atomic E-state index is 0.505. The first-order valence-electron chi connectivity index (χ1n) is 5.24. The number of hydrogen-bond acceptors (Lipinski definition) is 2. The molecule has 1 aliphatic carbocycles. The molecule has 0 unspecified atom stereocenters. The molecule has 0 bridgehead atoms. The molecule has 2 nitrogen and oxygen atoms in total. The maximum absolute atomic E-state index is 3.72. The van der Waals surface area contributed by atoms with E-state index in [-0.39, 0.29) is 0 Å². The molecule has 2 rings (SSSR count). The number of nitrogens with zero attached hydrogens (tertiary/aromatic N) is 1. The fraction of sp³-hybridized carbons (Fsp3) is 1.00. The monoisotopic (exact) mass is 168 g/mol. The third-order valence-corrected chi connectivity index (χ3v) is 3.38. The first-order chi connectivity index (χ1) is 5.81. The Kier molecular flexibility index (Phi) is 2.37. The molecular formula is C10H20N2. The van der Waals surface area contributed by atoms with Crippen molar-refractivity contribution in [1.29, 1.82) is 0 Å². The molecule has 70 valence electrons. The Labute approximate surface area is 75.3 Å². The van der Waals surface area contributed by atoms with E-state index in [2.05, 4.69) is 17.3 Å². The van der Waals surface area contributed by atoms with Crippen molar-refractivity contribution in [2.75, 3.05) is 26.7 Å². The summed E-state index contributed by atoms with van der Waals surface area (Å²) in [6.45, 7) is 3.69. The van der Waals surface area contributed by atoms with Crippen LogP contribution in [0.3, 0.4) is 0 Å². The zero-order valence-electron chi connectivity index (χ0n) is 8.10. The number of likely N-dealkylation sites (N-methyl/N-ethyl adjacent to an activating group) is 1. The highest BCUT2D eigenvalue weighted by Gasteiger charge is 2.34. The van der Waals surface area contributed by atoms with Crippen molar-refractivity contribution in [3.8, 4) is 0 Å². The fourth-order valence-corrected chi connectivity index (χ4v) is 2.73. The van der Waals surface area contributed by atoms with E-state index in [9.17, 15) is 0 Å². The van der Waals surface area contributed by atoms with Gasteiger partial charge in [-0.1, -0.05) is 19.3 Å². The molecule has 0 aromatic rings. The SMILES string of the molecule is CN1CCNC2(CCCCC2)C1. The van der Waals surface area contributed by atoms with E-state index < -0.39 is 0 Å². The van der Waals surface area contributed by atoms with Crippen LogP contribution < -0.4 is 5.32 Å². The summed E-state index contributed by atoms with van der Waals surface area (Å²) in [5.41, 5.74) is 0.505. The fourth-order valence-electron chi connectivity index (χ4n) is 2.73. The Morgan fingerprint density at radius 1 is 1.17 bits per heavy atom. The van der Waals surface area contributed by atoms with E-state index in [4.69, 9.17) is 0 Å². The van der Waals surface area contributed by atoms with E-state index in [0.29, 0.717) is 5.54 Å². The lowest BCUT2D eigenvalue weighted by Crippen LogP contribution is -2.60. The van der Waals surface area contributed by atoms with Gasteiger partial charge in [0.05, 0.1) is 0 Å². The van der Waals surface area contributed by atoms with Crippen LogP contribution in [0.4, 0.5) is 0 Å². The minimum atomic E-state index is 0.505. The van der Waals surface area contributed by atoms with Crippen LogP contribution in [0.1, 0.15) is 32.1 Å². The molecule has 1 saturated carbocycles. The quantitative estimate of drug-likeness (QED) is 0.585. The van der Waals surface area contributed by atoms with E-state index in [1.54, 1.807) is 0 Å². The van der Waals surface area contributed by atoms with Gasteiger partial charge in [-0.2, -0.15) is 0 Å². The van der Waals surface area contributed by atoms with Gasteiger partial charge in [-0.05, 0) is 19.9 Å². The molecule has 0 aromatic carbocycles. The highest BCUT2D eigenvalue weighted by Crippen LogP contribution is 2.29. The summed E-state index contributed by atoms with van der Waals surface area (Å²) in [5, 5.41) is 3.72. The van der Waals surface area contributed by atoms with Gasteiger partial charge in [-0.3, -0.25) is 0 Å². The van der Waals surface area contributed by atoms with E-state index >= 15 is 0 Å². The van der Waals surface area contributed by atoms with E-state index in [1.807, 2.05) is 0 Å². The molecule has 1 N–H and O–H groups in total. The summed E-state index contributed by atoms with van der Waals surface area (Å²) in [6, 6.07) is 0. The highest BCUT2D eigenvalue weighted by molar-refractivity contribution is 4.95. The molecule has 1 saturated heterocycles. The summed E-state index contributed by atoms with van der Waals surface area (Å²) in [5.74, 6) is 0. The summed E-state index contributed by atoms with van der Waals surface area (Å²) in [4.78, 5) is 2.47. The Hall–Kier alpha value is -0.0800. The molecule has 1 aliphatic heterocycles. The lowest BCUT2D eigenvalue weighted by molar-refractivity contribution is 0.118. The lowest BCUT2D eigenvalue weighted by atomic mass is 9.80. The molecule has 2 fully saturated rings. The zero-order valence-corrected chi connectivity index (χ0v) is 8.10. The molecule has 2 heteroatoms. The Balaban J connectivity index is 1.97. The standard InChI is InChI=1S/C10H20N2/c1-12-8-7-11-10(9-12)5-3-2-4-6-10/h11H,2-9H2,1H3. The van der Waals surface area contributed by atoms with Crippen LogP contribution in [-0.2, 0) is 0 Å². The van der Waals surface area contributed by atoms with Crippen LogP contribution in [-0.4, -0.2) is 37.1 Å². The van der Waals surface area contributed by atoms with Crippen molar-refractivity contribution in [2.24, 2.45) is 0 Å². The van der Waals surface area contributed by atoms with E-state index in [1.165, 1.54) is 51.7 Å². The third-order valence-electron chi connectivity index (χ3n) is 3.38. The van der Waals surface area contributed by atoms with Crippen LogP contribution >= 0.6 is 0 Å². The lowest BCUT2D eigenvalue weighted by Gasteiger charge is -2.45. The van der Waals surface area contributed by atoms with Gasteiger partial charge in [0, 0.05) is 25.2 Å². The second-order valence-corrected chi connectivity index (χ2v) is 4.51. The van der Waals surface area contributed by atoms with Gasteiger partial charge in [0.25, 0.3) is 0 Å². The predicted molar refractivity (Wildman–Crippen MR) is 51.3 cm³/mol. The van der Waals surface area contributed by atoms with Crippen molar-refractivity contribution in [3.05, 3.63) is 0 Å². The third kappa shape index (κ3) is 1.64. The second-order valence-electron chi connectivity index (χ2n) is 4.51. The van der Waals surface area contributed by atoms with Crippen LogP contribution in [0.2, 0.25) is 0 Å². The Bertz CT molecular complexity index is 144. The van der Waals surface area contributed by atoms with E-state index in [0.717, 1.165) is 0 Å². The highest BCUT2D eigenvalue weighted by atomic mass is 15.2. The van der Waals surface area contributed by atoms with Gasteiger partial charge in [0.1, 0.15) is 0 Å². The van der Waals surface area contributed by atoms with Crippen molar-refractivity contribution >= 4 is 0 Å². The first kappa shape index (κ1) is 8.52. The number of piperazine rings is 1. The average molecular weight is 168 g/mol. The smallest absolute Gasteiger partial charge is 0.0309 e. The molecule has 2 aliphatic rings. The Morgan fingerprint density at radius 2 is 1.92 bits per heavy atom. The summed E-state index contributed by atoms with van der Waals surface area (Å²) >= 11 is 0. The minimum Gasteiger partial charge on any atom is -0.309 e. The van der Waals surface area contributed by atoms with Gasteiger partial charge < -0.3 is 10.2 Å². The van der Waals surface area contributed by atoms with Gasteiger partial charge in [0.15, 0.2) is 0 Å². The normalized spacial score (nSPS) is 30.8.